The molecule has 0 bridgehead atoms. The Kier molecular flexibility index (Phi) is 6.88. The molecule has 1 saturated heterocycles. The Labute approximate surface area is 218 Å². The normalized spacial score (nSPS) is 18.6. The van der Waals surface area contributed by atoms with Gasteiger partial charge in [0.05, 0.1) is 29.7 Å². The van der Waals surface area contributed by atoms with E-state index in [2.05, 4.69) is 15.1 Å². The number of benzene rings is 3. The standard InChI is InChI=1S/C27H26ClFN4O4/c1-37-26-8-5-19(28)14-24(26)31-9-10-32-23-7-6-21(33(35)36)12-18(23)13-22(25(32)16-31)27(34)30-15-17-3-2-4-20(29)11-17/h2-8,11-12,14,22,25H,9-10,13,15-16H2,1H3,(H,30,34)/t22-,25-/m0/s1. The van der Waals surface area contributed by atoms with Gasteiger partial charge in [-0.1, -0.05) is 23.7 Å². The van der Waals surface area contributed by atoms with Crippen molar-refractivity contribution < 1.29 is 18.8 Å². The zero-order valence-corrected chi connectivity index (χ0v) is 21.0. The van der Waals surface area contributed by atoms with E-state index in [1.54, 1.807) is 37.4 Å². The summed E-state index contributed by atoms with van der Waals surface area (Å²) in [4.78, 5) is 28.9. The van der Waals surface area contributed by atoms with Gasteiger partial charge in [-0.2, -0.15) is 0 Å². The second kappa shape index (κ2) is 10.3. The number of piperazine rings is 1. The Balaban J connectivity index is 1.46. The van der Waals surface area contributed by atoms with E-state index in [0.29, 0.717) is 42.4 Å². The molecule has 2 aliphatic rings. The lowest BCUT2D eigenvalue weighted by atomic mass is 9.83. The van der Waals surface area contributed by atoms with Gasteiger partial charge in [-0.25, -0.2) is 4.39 Å². The maximum atomic E-state index is 13.6. The molecule has 0 radical (unpaired) electrons. The molecule has 10 heteroatoms. The third kappa shape index (κ3) is 5.04. The van der Waals surface area contributed by atoms with Crippen LogP contribution in [0.3, 0.4) is 0 Å². The van der Waals surface area contributed by atoms with E-state index in [-0.39, 0.29) is 30.0 Å². The molecule has 3 aromatic carbocycles. The topological polar surface area (TPSA) is 87.9 Å². The van der Waals surface area contributed by atoms with E-state index in [4.69, 9.17) is 16.3 Å². The molecule has 37 heavy (non-hydrogen) atoms. The number of rotatable bonds is 6. The molecule has 0 spiro atoms. The Bertz CT molecular complexity index is 1350. The number of anilines is 2. The van der Waals surface area contributed by atoms with E-state index < -0.39 is 10.8 Å². The Hall–Kier alpha value is -3.85. The van der Waals surface area contributed by atoms with Crippen LogP contribution in [0.15, 0.2) is 60.7 Å². The summed E-state index contributed by atoms with van der Waals surface area (Å²) >= 11 is 6.29. The van der Waals surface area contributed by atoms with Crippen LogP contribution in [-0.4, -0.2) is 43.6 Å². The van der Waals surface area contributed by atoms with Crippen molar-refractivity contribution in [2.75, 3.05) is 36.5 Å². The molecular weight excluding hydrogens is 499 g/mol. The smallest absolute Gasteiger partial charge is 0.269 e. The summed E-state index contributed by atoms with van der Waals surface area (Å²) in [5, 5.41) is 15.0. The average Bonchev–Trinajstić information content (AvgIpc) is 2.90. The number of nitrogens with one attached hydrogen (secondary N) is 1. The number of nitro groups is 1. The van der Waals surface area contributed by atoms with E-state index in [9.17, 15) is 19.3 Å². The molecule has 0 aliphatic carbocycles. The number of nitrogens with zero attached hydrogens (tertiary/aromatic N) is 3. The molecule has 2 atom stereocenters. The summed E-state index contributed by atoms with van der Waals surface area (Å²) in [5.74, 6) is -0.334. The molecule has 2 heterocycles. The van der Waals surface area contributed by atoms with Crippen LogP contribution in [0.4, 0.5) is 21.5 Å². The second-order valence-electron chi connectivity index (χ2n) is 9.25. The van der Waals surface area contributed by atoms with Gasteiger partial charge in [-0.05, 0) is 53.9 Å². The molecule has 3 aromatic rings. The van der Waals surface area contributed by atoms with Crippen molar-refractivity contribution in [2.24, 2.45) is 5.92 Å². The Morgan fingerprint density at radius 2 is 2.00 bits per heavy atom. The number of nitro benzene ring substituents is 1. The van der Waals surface area contributed by atoms with Crippen molar-refractivity contribution in [3.63, 3.8) is 0 Å². The molecule has 1 fully saturated rings. The number of amides is 1. The molecule has 0 unspecified atom stereocenters. The zero-order valence-electron chi connectivity index (χ0n) is 20.2. The lowest BCUT2D eigenvalue weighted by molar-refractivity contribution is -0.384. The molecule has 8 nitrogen and oxygen atoms in total. The molecule has 2 aliphatic heterocycles. The van der Waals surface area contributed by atoms with Gasteiger partial charge < -0.3 is 19.9 Å². The summed E-state index contributed by atoms with van der Waals surface area (Å²) in [6, 6.07) is 16.2. The van der Waals surface area contributed by atoms with Gasteiger partial charge in [0.15, 0.2) is 0 Å². The summed E-state index contributed by atoms with van der Waals surface area (Å²) in [5.41, 5.74) is 3.18. The van der Waals surface area contributed by atoms with Crippen LogP contribution in [0.25, 0.3) is 0 Å². The first-order chi connectivity index (χ1) is 17.8. The third-order valence-electron chi connectivity index (χ3n) is 7.08. The number of fused-ring (bicyclic) bond motifs is 3. The molecule has 192 valence electrons. The van der Waals surface area contributed by atoms with Gasteiger partial charge in [-0.3, -0.25) is 14.9 Å². The SMILES string of the molecule is COc1ccc(Cl)cc1N1CCN2c3ccc([N+](=O)[O-])cc3C[C@H](C(=O)NCc3cccc(F)c3)[C@@H]2C1. The van der Waals surface area contributed by atoms with Gasteiger partial charge in [0.1, 0.15) is 11.6 Å². The van der Waals surface area contributed by atoms with Crippen LogP contribution >= 0.6 is 11.6 Å². The van der Waals surface area contributed by atoms with Crippen molar-refractivity contribution in [3.8, 4) is 5.75 Å². The molecule has 0 aromatic heterocycles. The first-order valence-corrected chi connectivity index (χ1v) is 12.4. The highest BCUT2D eigenvalue weighted by Gasteiger charge is 2.42. The fraction of sp³-hybridized carbons (Fsp3) is 0.296. The number of hydrogen-bond acceptors (Lipinski definition) is 6. The minimum atomic E-state index is -0.476. The number of hydrogen-bond donors (Lipinski definition) is 1. The number of halogens is 2. The minimum Gasteiger partial charge on any atom is -0.495 e. The van der Waals surface area contributed by atoms with Crippen molar-refractivity contribution in [1.29, 1.82) is 0 Å². The Morgan fingerprint density at radius 1 is 1.16 bits per heavy atom. The highest BCUT2D eigenvalue weighted by molar-refractivity contribution is 6.31. The van der Waals surface area contributed by atoms with Crippen molar-refractivity contribution in [2.45, 2.75) is 19.0 Å². The summed E-state index contributed by atoms with van der Waals surface area (Å²) < 4.78 is 19.2. The monoisotopic (exact) mass is 524 g/mol. The average molecular weight is 525 g/mol. The fourth-order valence-electron chi connectivity index (χ4n) is 5.32. The molecule has 1 amide bonds. The zero-order chi connectivity index (χ0) is 26.1. The van der Waals surface area contributed by atoms with Crippen molar-refractivity contribution >= 4 is 34.6 Å². The first kappa shape index (κ1) is 24.8. The lowest BCUT2D eigenvalue weighted by Gasteiger charge is -2.49. The van der Waals surface area contributed by atoms with Crippen LogP contribution in [0.2, 0.25) is 5.02 Å². The van der Waals surface area contributed by atoms with Gasteiger partial charge in [0.2, 0.25) is 5.91 Å². The highest BCUT2D eigenvalue weighted by Crippen LogP contribution is 2.40. The Morgan fingerprint density at radius 3 is 2.76 bits per heavy atom. The van der Waals surface area contributed by atoms with E-state index in [1.807, 2.05) is 12.1 Å². The van der Waals surface area contributed by atoms with Crippen molar-refractivity contribution in [1.82, 2.24) is 5.32 Å². The number of ether oxygens (including phenoxy) is 1. The van der Waals surface area contributed by atoms with Crippen LogP contribution in [0.1, 0.15) is 11.1 Å². The predicted molar refractivity (Wildman–Crippen MR) is 140 cm³/mol. The third-order valence-corrected chi connectivity index (χ3v) is 7.32. The second-order valence-corrected chi connectivity index (χ2v) is 9.69. The number of methoxy groups -OCH3 is 1. The maximum Gasteiger partial charge on any atom is 0.269 e. The van der Waals surface area contributed by atoms with Gasteiger partial charge in [0.25, 0.3) is 5.69 Å². The van der Waals surface area contributed by atoms with Gasteiger partial charge in [-0.15, -0.1) is 0 Å². The molecular formula is C27H26ClFN4O4. The lowest BCUT2D eigenvalue weighted by Crippen LogP contribution is -2.61. The minimum absolute atomic E-state index is 0.00146. The summed E-state index contributed by atoms with van der Waals surface area (Å²) in [6.45, 7) is 1.98. The quantitative estimate of drug-likeness (QED) is 0.375. The summed E-state index contributed by atoms with van der Waals surface area (Å²) in [6.07, 6.45) is 0.355. The fourth-order valence-corrected chi connectivity index (χ4v) is 5.49. The molecule has 0 saturated carbocycles. The number of carbonyl (C=O) groups excluding carboxylic acids is 1. The van der Waals surface area contributed by atoms with E-state index >= 15 is 0 Å². The van der Waals surface area contributed by atoms with Crippen molar-refractivity contribution in [3.05, 3.63) is 92.7 Å². The largest absolute Gasteiger partial charge is 0.495 e. The van der Waals surface area contributed by atoms with Crippen LogP contribution in [-0.2, 0) is 17.8 Å². The van der Waals surface area contributed by atoms with Crippen LogP contribution in [0.5, 0.6) is 5.75 Å². The van der Waals surface area contributed by atoms with Gasteiger partial charge in [0, 0.05) is 49.0 Å². The molecule has 1 N–H and O–H groups in total. The highest BCUT2D eigenvalue weighted by atomic mass is 35.5. The number of non-ortho nitro benzene ring substituents is 1. The first-order valence-electron chi connectivity index (χ1n) is 12.0. The maximum absolute atomic E-state index is 13.6. The van der Waals surface area contributed by atoms with Crippen LogP contribution < -0.4 is 19.9 Å². The van der Waals surface area contributed by atoms with Gasteiger partial charge >= 0.3 is 0 Å². The molecule has 5 rings (SSSR count). The van der Waals surface area contributed by atoms with E-state index in [1.165, 1.54) is 18.2 Å². The number of carbonyl (C=O) groups is 1. The predicted octanol–water partition coefficient (Wildman–Crippen LogP) is 4.58. The summed E-state index contributed by atoms with van der Waals surface area (Å²) in [7, 11) is 1.61. The van der Waals surface area contributed by atoms with Crippen LogP contribution in [0, 0.1) is 21.8 Å². The van der Waals surface area contributed by atoms with E-state index in [0.717, 1.165) is 16.9 Å².